The smallest absolute Gasteiger partial charge is 0.376 e. The molecule has 5 heteroatoms. The Bertz CT molecular complexity index is 358. The lowest BCUT2D eigenvalue weighted by atomic mass is 10.1. The highest BCUT2D eigenvalue weighted by molar-refractivity contribution is 5.85. The average molecular weight is 225 g/mol. The lowest BCUT2D eigenvalue weighted by Gasteiger charge is -2.09. The summed E-state index contributed by atoms with van der Waals surface area (Å²) in [6.45, 7) is 9.02. The zero-order valence-electron chi connectivity index (χ0n) is 10.4. The first-order chi connectivity index (χ1) is 7.56. The molecule has 0 aromatic carbocycles. The zero-order chi connectivity index (χ0) is 12.1. The molecule has 0 saturated carbocycles. The molecule has 16 heavy (non-hydrogen) atoms. The summed E-state index contributed by atoms with van der Waals surface area (Å²) in [5, 5.41) is 7.76. The van der Waals surface area contributed by atoms with Gasteiger partial charge in [-0.15, -0.1) is 10.2 Å². The molecule has 0 radical (unpaired) electrons. The number of hydrogen-bond acceptors (Lipinski definition) is 4. The van der Waals surface area contributed by atoms with Crippen molar-refractivity contribution in [1.82, 2.24) is 14.8 Å². The number of hydrogen-bond donors (Lipinski definition) is 0. The van der Waals surface area contributed by atoms with Gasteiger partial charge in [0.25, 0.3) is 0 Å². The minimum absolute atomic E-state index is 0.306. The summed E-state index contributed by atoms with van der Waals surface area (Å²) in [6, 6.07) is 0. The first kappa shape index (κ1) is 12.7. The fraction of sp³-hybridized carbons (Fsp3) is 0.727. The van der Waals surface area contributed by atoms with Crippen LogP contribution in [0.4, 0.5) is 0 Å². The van der Waals surface area contributed by atoms with Gasteiger partial charge in [0.1, 0.15) is 5.82 Å². The van der Waals surface area contributed by atoms with Crippen LogP contribution >= 0.6 is 0 Å². The lowest BCUT2D eigenvalue weighted by Crippen LogP contribution is -2.15. The number of esters is 1. The Kier molecular flexibility index (Phi) is 4.46. The van der Waals surface area contributed by atoms with Gasteiger partial charge in [-0.2, -0.15) is 0 Å². The van der Waals surface area contributed by atoms with E-state index in [4.69, 9.17) is 4.74 Å². The van der Waals surface area contributed by atoms with E-state index in [1.54, 1.807) is 6.92 Å². The van der Waals surface area contributed by atoms with E-state index < -0.39 is 5.97 Å². The van der Waals surface area contributed by atoms with Crippen molar-refractivity contribution in [2.24, 2.45) is 5.92 Å². The van der Waals surface area contributed by atoms with Crippen LogP contribution in [-0.4, -0.2) is 27.3 Å². The van der Waals surface area contributed by atoms with E-state index in [2.05, 4.69) is 24.0 Å². The number of rotatable bonds is 5. The fourth-order valence-corrected chi connectivity index (χ4v) is 1.38. The quantitative estimate of drug-likeness (QED) is 0.717. The molecule has 0 fully saturated rings. The van der Waals surface area contributed by atoms with Crippen LogP contribution in [0.3, 0.4) is 0 Å². The van der Waals surface area contributed by atoms with Crippen molar-refractivity contribution in [2.75, 3.05) is 6.61 Å². The maximum atomic E-state index is 11.6. The Hall–Kier alpha value is -1.39. The van der Waals surface area contributed by atoms with Crippen molar-refractivity contribution in [3.05, 3.63) is 11.6 Å². The molecule has 0 amide bonds. The maximum Gasteiger partial charge on any atom is 0.376 e. The molecule has 5 nitrogen and oxygen atoms in total. The first-order valence-electron chi connectivity index (χ1n) is 5.63. The lowest BCUT2D eigenvalue weighted by molar-refractivity contribution is 0.0505. The van der Waals surface area contributed by atoms with Gasteiger partial charge in [0.05, 0.1) is 6.61 Å². The van der Waals surface area contributed by atoms with E-state index in [-0.39, 0.29) is 0 Å². The van der Waals surface area contributed by atoms with E-state index in [1.165, 1.54) is 0 Å². The predicted molar refractivity (Wildman–Crippen MR) is 60.2 cm³/mol. The van der Waals surface area contributed by atoms with E-state index in [0.29, 0.717) is 18.3 Å². The van der Waals surface area contributed by atoms with E-state index in [0.717, 1.165) is 18.8 Å². The normalized spacial score (nSPS) is 10.8. The summed E-state index contributed by atoms with van der Waals surface area (Å²) in [6.07, 6.45) is 0.991. The van der Waals surface area contributed by atoms with Gasteiger partial charge >= 0.3 is 5.97 Å². The third-order valence-electron chi connectivity index (χ3n) is 2.32. The number of aryl methyl sites for hydroxylation is 1. The highest BCUT2D eigenvalue weighted by Crippen LogP contribution is 2.08. The van der Waals surface area contributed by atoms with Gasteiger partial charge in [0.2, 0.25) is 5.82 Å². The third kappa shape index (κ3) is 3.05. The first-order valence-corrected chi connectivity index (χ1v) is 5.63. The van der Waals surface area contributed by atoms with Crippen molar-refractivity contribution >= 4 is 5.97 Å². The molecule has 0 aliphatic heterocycles. The Balaban J connectivity index is 2.81. The Morgan fingerprint density at radius 1 is 1.44 bits per heavy atom. The highest BCUT2D eigenvalue weighted by Gasteiger charge is 2.17. The van der Waals surface area contributed by atoms with Crippen LogP contribution in [0.1, 0.15) is 43.6 Å². The van der Waals surface area contributed by atoms with Crippen LogP contribution in [0.2, 0.25) is 0 Å². The molecule has 0 spiro atoms. The third-order valence-corrected chi connectivity index (χ3v) is 2.32. The summed E-state index contributed by atoms with van der Waals surface area (Å²) in [4.78, 5) is 11.6. The van der Waals surface area contributed by atoms with Crippen LogP contribution in [0, 0.1) is 12.8 Å². The number of carbonyl (C=O) groups excluding carboxylic acids is 1. The summed E-state index contributed by atoms with van der Waals surface area (Å²) in [5.74, 6) is 1.24. The summed E-state index contributed by atoms with van der Waals surface area (Å²) in [5.41, 5.74) is 0. The van der Waals surface area contributed by atoms with Gasteiger partial charge in [0, 0.05) is 6.54 Å². The standard InChI is InChI=1S/C11H19N3O2/c1-5-16-11(15)10-13-12-9(4)14(10)7-6-8(2)3/h8H,5-7H2,1-4H3. The van der Waals surface area contributed by atoms with E-state index in [1.807, 2.05) is 11.5 Å². The number of ether oxygens (including phenoxy) is 1. The summed E-state index contributed by atoms with van der Waals surface area (Å²) >= 11 is 0. The molecule has 0 saturated heterocycles. The minimum Gasteiger partial charge on any atom is -0.460 e. The number of carbonyl (C=O) groups is 1. The van der Waals surface area contributed by atoms with Crippen molar-refractivity contribution in [3.8, 4) is 0 Å². The molecule has 90 valence electrons. The van der Waals surface area contributed by atoms with Crippen LogP contribution in [-0.2, 0) is 11.3 Å². The second-order valence-corrected chi connectivity index (χ2v) is 4.13. The molecule has 1 aromatic rings. The van der Waals surface area contributed by atoms with Gasteiger partial charge in [-0.3, -0.25) is 0 Å². The van der Waals surface area contributed by atoms with Gasteiger partial charge in [-0.05, 0) is 26.2 Å². The van der Waals surface area contributed by atoms with Gasteiger partial charge in [0.15, 0.2) is 0 Å². The fourth-order valence-electron chi connectivity index (χ4n) is 1.38. The van der Waals surface area contributed by atoms with Crippen molar-refractivity contribution in [1.29, 1.82) is 0 Å². The average Bonchev–Trinajstić information content (AvgIpc) is 2.57. The van der Waals surface area contributed by atoms with Crippen molar-refractivity contribution in [3.63, 3.8) is 0 Å². The SMILES string of the molecule is CCOC(=O)c1nnc(C)n1CCC(C)C. The molecule has 1 heterocycles. The topological polar surface area (TPSA) is 57.0 Å². The summed E-state index contributed by atoms with van der Waals surface area (Å²) in [7, 11) is 0. The molecule has 1 aromatic heterocycles. The number of aromatic nitrogens is 3. The Morgan fingerprint density at radius 3 is 2.69 bits per heavy atom. The monoisotopic (exact) mass is 225 g/mol. The molecule has 0 N–H and O–H groups in total. The molecular formula is C11H19N3O2. The summed E-state index contributed by atoms with van der Waals surface area (Å²) < 4.78 is 6.74. The maximum absolute atomic E-state index is 11.6. The van der Waals surface area contributed by atoms with Gasteiger partial charge < -0.3 is 9.30 Å². The van der Waals surface area contributed by atoms with Crippen molar-refractivity contribution < 1.29 is 9.53 Å². The second-order valence-electron chi connectivity index (χ2n) is 4.13. The molecule has 0 bridgehead atoms. The predicted octanol–water partition coefficient (Wildman–Crippen LogP) is 1.81. The van der Waals surface area contributed by atoms with Crippen LogP contribution in [0.25, 0.3) is 0 Å². The molecular weight excluding hydrogens is 206 g/mol. The van der Waals surface area contributed by atoms with Crippen molar-refractivity contribution in [2.45, 2.75) is 40.7 Å². The van der Waals surface area contributed by atoms with Crippen LogP contribution in [0.15, 0.2) is 0 Å². The Morgan fingerprint density at radius 2 is 2.12 bits per heavy atom. The van der Waals surface area contributed by atoms with Crippen LogP contribution in [0.5, 0.6) is 0 Å². The zero-order valence-corrected chi connectivity index (χ0v) is 10.4. The Labute approximate surface area is 95.8 Å². The molecule has 1 rings (SSSR count). The molecule has 0 unspecified atom stereocenters. The van der Waals surface area contributed by atoms with E-state index >= 15 is 0 Å². The number of nitrogens with zero attached hydrogens (tertiary/aromatic N) is 3. The largest absolute Gasteiger partial charge is 0.460 e. The van der Waals surface area contributed by atoms with Gasteiger partial charge in [-0.25, -0.2) is 4.79 Å². The molecule has 0 aliphatic carbocycles. The van der Waals surface area contributed by atoms with E-state index in [9.17, 15) is 4.79 Å². The molecule has 0 atom stereocenters. The second kappa shape index (κ2) is 5.63. The van der Waals surface area contributed by atoms with Gasteiger partial charge in [-0.1, -0.05) is 13.8 Å². The minimum atomic E-state index is -0.396. The van der Waals surface area contributed by atoms with Crippen LogP contribution < -0.4 is 0 Å². The highest BCUT2D eigenvalue weighted by atomic mass is 16.5. The molecule has 0 aliphatic rings.